The Balaban J connectivity index is 2.49. The summed E-state index contributed by atoms with van der Waals surface area (Å²) in [6, 6.07) is 7.57. The summed E-state index contributed by atoms with van der Waals surface area (Å²) in [7, 11) is 1.51. The van der Waals surface area contributed by atoms with Crippen LogP contribution >= 0.6 is 0 Å². The van der Waals surface area contributed by atoms with Crippen molar-refractivity contribution < 1.29 is 14.6 Å². The lowest BCUT2D eigenvalue weighted by atomic mass is 9.86. The molecule has 0 aliphatic heterocycles. The van der Waals surface area contributed by atoms with Gasteiger partial charge in [-0.1, -0.05) is 24.3 Å². The van der Waals surface area contributed by atoms with Crippen LogP contribution in [0.5, 0.6) is 0 Å². The number of hydrogen-bond donors (Lipinski definition) is 1. The Morgan fingerprint density at radius 1 is 1.47 bits per heavy atom. The van der Waals surface area contributed by atoms with Gasteiger partial charge < -0.3 is 9.84 Å². The van der Waals surface area contributed by atoms with Crippen LogP contribution in [0.15, 0.2) is 36.1 Å². The molecule has 1 atom stereocenters. The second kappa shape index (κ2) is 3.77. The molecular weight excluding hydrogens is 192 g/mol. The third-order valence-electron chi connectivity index (χ3n) is 2.66. The van der Waals surface area contributed by atoms with E-state index in [2.05, 4.69) is 0 Å². The van der Waals surface area contributed by atoms with Gasteiger partial charge in [-0.05, 0) is 23.6 Å². The molecule has 0 amide bonds. The molecule has 1 aromatic rings. The van der Waals surface area contributed by atoms with Crippen LogP contribution in [0.2, 0.25) is 0 Å². The number of ether oxygens (including phenoxy) is 1. The molecule has 1 unspecified atom stereocenters. The van der Waals surface area contributed by atoms with E-state index in [0.29, 0.717) is 5.76 Å². The summed E-state index contributed by atoms with van der Waals surface area (Å²) in [6.45, 7) is 0. The summed E-state index contributed by atoms with van der Waals surface area (Å²) in [5.74, 6) is -0.989. The Morgan fingerprint density at radius 3 is 2.87 bits per heavy atom. The van der Waals surface area contributed by atoms with E-state index in [9.17, 15) is 4.79 Å². The smallest absolute Gasteiger partial charge is 0.318 e. The molecule has 15 heavy (non-hydrogen) atoms. The summed E-state index contributed by atoms with van der Waals surface area (Å²) >= 11 is 0. The molecule has 0 bridgehead atoms. The van der Waals surface area contributed by atoms with Crippen molar-refractivity contribution in [2.75, 3.05) is 7.11 Å². The van der Waals surface area contributed by atoms with Gasteiger partial charge in [-0.25, -0.2) is 0 Å². The number of fused-ring (bicyclic) bond motifs is 1. The minimum atomic E-state index is -0.866. The molecule has 1 aliphatic rings. The van der Waals surface area contributed by atoms with Gasteiger partial charge in [0.1, 0.15) is 11.7 Å². The fraction of sp³-hybridized carbons (Fsp3) is 0.250. The molecule has 0 radical (unpaired) electrons. The highest BCUT2D eigenvalue weighted by Gasteiger charge is 2.29. The molecule has 0 fully saturated rings. The van der Waals surface area contributed by atoms with Gasteiger partial charge in [0.2, 0.25) is 0 Å². The normalized spacial score (nSPS) is 19.0. The van der Waals surface area contributed by atoms with Crippen LogP contribution in [0.1, 0.15) is 17.0 Å². The van der Waals surface area contributed by atoms with Crippen LogP contribution in [0, 0.1) is 0 Å². The number of methoxy groups -OCH3 is 1. The van der Waals surface area contributed by atoms with E-state index in [1.165, 1.54) is 7.11 Å². The second-order valence-corrected chi connectivity index (χ2v) is 3.48. The van der Waals surface area contributed by atoms with Gasteiger partial charge in [-0.2, -0.15) is 0 Å². The van der Waals surface area contributed by atoms with Gasteiger partial charge in [0, 0.05) is 0 Å². The Bertz CT molecular complexity index is 421. The maximum Gasteiger partial charge on any atom is 0.318 e. The van der Waals surface area contributed by atoms with E-state index < -0.39 is 11.9 Å². The summed E-state index contributed by atoms with van der Waals surface area (Å²) < 4.78 is 5.10. The van der Waals surface area contributed by atoms with E-state index in [1.54, 1.807) is 0 Å². The zero-order valence-electron chi connectivity index (χ0n) is 8.43. The van der Waals surface area contributed by atoms with E-state index in [0.717, 1.165) is 17.5 Å². The maximum atomic E-state index is 11.2. The summed E-state index contributed by atoms with van der Waals surface area (Å²) in [5, 5.41) is 9.17. The molecular formula is C12H12O3. The highest BCUT2D eigenvalue weighted by Crippen LogP contribution is 2.32. The predicted molar refractivity (Wildman–Crippen MR) is 55.6 cm³/mol. The van der Waals surface area contributed by atoms with Crippen LogP contribution in [0.4, 0.5) is 0 Å². The SMILES string of the molecule is COC1=CCc2ccccc2C1C(=O)O. The molecule has 0 heterocycles. The van der Waals surface area contributed by atoms with Crippen molar-refractivity contribution in [1.29, 1.82) is 0 Å². The van der Waals surface area contributed by atoms with Gasteiger partial charge in [-0.3, -0.25) is 4.79 Å². The number of rotatable bonds is 2. The molecule has 1 N–H and O–H groups in total. The van der Waals surface area contributed by atoms with Crippen LogP contribution < -0.4 is 0 Å². The van der Waals surface area contributed by atoms with Crippen molar-refractivity contribution in [2.45, 2.75) is 12.3 Å². The molecule has 1 aliphatic carbocycles. The fourth-order valence-electron chi connectivity index (χ4n) is 1.94. The molecule has 0 spiro atoms. The molecule has 2 rings (SSSR count). The number of hydrogen-bond acceptors (Lipinski definition) is 2. The fourth-order valence-corrected chi connectivity index (χ4v) is 1.94. The highest BCUT2D eigenvalue weighted by atomic mass is 16.5. The Morgan fingerprint density at radius 2 is 2.20 bits per heavy atom. The second-order valence-electron chi connectivity index (χ2n) is 3.48. The lowest BCUT2D eigenvalue weighted by Gasteiger charge is -2.22. The van der Waals surface area contributed by atoms with Crippen molar-refractivity contribution in [3.63, 3.8) is 0 Å². The molecule has 0 saturated heterocycles. The summed E-state index contributed by atoms with van der Waals surface area (Å²) in [6.07, 6.45) is 2.57. The molecule has 3 heteroatoms. The van der Waals surface area contributed by atoms with Crippen LogP contribution in [-0.4, -0.2) is 18.2 Å². The number of carbonyl (C=O) groups is 1. The van der Waals surface area contributed by atoms with Crippen LogP contribution in [0.25, 0.3) is 0 Å². The first-order valence-electron chi connectivity index (χ1n) is 4.78. The van der Waals surface area contributed by atoms with Gasteiger partial charge in [0.25, 0.3) is 0 Å². The van der Waals surface area contributed by atoms with Crippen molar-refractivity contribution in [3.8, 4) is 0 Å². The van der Waals surface area contributed by atoms with E-state index in [4.69, 9.17) is 9.84 Å². The first kappa shape index (κ1) is 9.77. The number of benzene rings is 1. The number of carboxylic acids is 1. The maximum absolute atomic E-state index is 11.2. The van der Waals surface area contributed by atoms with E-state index in [-0.39, 0.29) is 0 Å². The molecule has 3 nitrogen and oxygen atoms in total. The topological polar surface area (TPSA) is 46.5 Å². The lowest BCUT2D eigenvalue weighted by Crippen LogP contribution is -2.20. The van der Waals surface area contributed by atoms with Crippen molar-refractivity contribution in [2.24, 2.45) is 0 Å². The van der Waals surface area contributed by atoms with Gasteiger partial charge in [0.05, 0.1) is 7.11 Å². The number of aliphatic carboxylic acids is 1. The van der Waals surface area contributed by atoms with Gasteiger partial charge in [-0.15, -0.1) is 0 Å². The van der Waals surface area contributed by atoms with Gasteiger partial charge >= 0.3 is 5.97 Å². The van der Waals surface area contributed by atoms with Crippen molar-refractivity contribution in [1.82, 2.24) is 0 Å². The van der Waals surface area contributed by atoms with E-state index >= 15 is 0 Å². The third kappa shape index (κ3) is 1.61. The van der Waals surface area contributed by atoms with Crippen LogP contribution in [0.3, 0.4) is 0 Å². The summed E-state index contributed by atoms with van der Waals surface area (Å²) in [5.41, 5.74) is 1.90. The van der Waals surface area contributed by atoms with Crippen LogP contribution in [-0.2, 0) is 16.0 Å². The first-order valence-corrected chi connectivity index (χ1v) is 4.78. The zero-order chi connectivity index (χ0) is 10.8. The quantitative estimate of drug-likeness (QED) is 0.800. The Kier molecular flexibility index (Phi) is 2.46. The summed E-state index contributed by atoms with van der Waals surface area (Å²) in [4.78, 5) is 11.2. The predicted octanol–water partition coefficient (Wildman–Crippen LogP) is 1.94. The average molecular weight is 204 g/mol. The zero-order valence-corrected chi connectivity index (χ0v) is 8.43. The van der Waals surface area contributed by atoms with Gasteiger partial charge in [0.15, 0.2) is 0 Å². The van der Waals surface area contributed by atoms with Crippen molar-refractivity contribution in [3.05, 3.63) is 47.2 Å². The molecule has 78 valence electrons. The number of allylic oxidation sites excluding steroid dienone is 1. The highest BCUT2D eigenvalue weighted by molar-refractivity contribution is 5.80. The Hall–Kier alpha value is -1.77. The number of carboxylic acid groups (broad SMARTS) is 1. The van der Waals surface area contributed by atoms with E-state index in [1.807, 2.05) is 30.3 Å². The average Bonchev–Trinajstić information content (AvgIpc) is 2.27. The lowest BCUT2D eigenvalue weighted by molar-refractivity contribution is -0.138. The third-order valence-corrected chi connectivity index (χ3v) is 2.66. The Labute approximate surface area is 88.0 Å². The minimum Gasteiger partial charge on any atom is -0.500 e. The molecule has 1 aromatic carbocycles. The molecule has 0 aromatic heterocycles. The monoisotopic (exact) mass is 204 g/mol. The largest absolute Gasteiger partial charge is 0.500 e. The van der Waals surface area contributed by atoms with Crippen molar-refractivity contribution >= 4 is 5.97 Å². The first-order chi connectivity index (χ1) is 7.24. The molecule has 0 saturated carbocycles. The minimum absolute atomic E-state index is 0.529. The standard InChI is InChI=1S/C12H12O3/c1-15-10-7-6-8-4-2-3-5-9(8)11(10)12(13)14/h2-5,7,11H,6H2,1H3,(H,13,14).